The van der Waals surface area contributed by atoms with Crippen molar-refractivity contribution in [1.82, 2.24) is 0 Å². The van der Waals surface area contributed by atoms with Crippen LogP contribution >= 0.6 is 11.8 Å². The minimum absolute atomic E-state index is 0.659. The number of hydrogen-bond donors (Lipinski definition) is 1. The average Bonchev–Trinajstić information content (AvgIpc) is 2.28. The van der Waals surface area contributed by atoms with Crippen molar-refractivity contribution in [1.29, 1.82) is 5.26 Å². The number of thioether (sulfide) groups is 1. The van der Waals surface area contributed by atoms with Crippen molar-refractivity contribution < 1.29 is 0 Å². The highest BCUT2D eigenvalue weighted by Gasteiger charge is 1.98. The van der Waals surface area contributed by atoms with Crippen LogP contribution in [0.2, 0.25) is 0 Å². The van der Waals surface area contributed by atoms with E-state index >= 15 is 0 Å². The molecule has 1 aromatic rings. The average molecular weight is 232 g/mol. The van der Waals surface area contributed by atoms with E-state index in [1.807, 2.05) is 17.5 Å². The van der Waals surface area contributed by atoms with Crippen LogP contribution < -0.4 is 5.73 Å². The zero-order valence-electron chi connectivity index (χ0n) is 9.60. The highest BCUT2D eigenvalue weighted by molar-refractivity contribution is 8.02. The van der Waals surface area contributed by atoms with Crippen LogP contribution in [0.3, 0.4) is 0 Å². The maximum atomic E-state index is 8.67. The molecule has 84 valence electrons. The quantitative estimate of drug-likeness (QED) is 0.867. The summed E-state index contributed by atoms with van der Waals surface area (Å²) < 4.78 is 0. The molecule has 0 radical (unpaired) electrons. The van der Waals surface area contributed by atoms with Gasteiger partial charge in [0.15, 0.2) is 0 Å². The molecule has 0 heterocycles. The van der Waals surface area contributed by atoms with Crippen molar-refractivity contribution in [3.63, 3.8) is 0 Å². The standard InChI is InChI=1S/C13H16N2S/c1-10(2)8-16-9-13(15)12-5-3-11(7-14)4-6-12/h3-6,9-10H,8,15H2,1-2H3/b13-9-. The summed E-state index contributed by atoms with van der Waals surface area (Å²) in [5.74, 6) is 1.73. The van der Waals surface area contributed by atoms with Crippen LogP contribution in [-0.2, 0) is 0 Å². The molecule has 0 aliphatic heterocycles. The van der Waals surface area contributed by atoms with Gasteiger partial charge in [-0.2, -0.15) is 5.26 Å². The molecule has 3 heteroatoms. The van der Waals surface area contributed by atoms with E-state index in [0.29, 0.717) is 11.5 Å². The number of rotatable bonds is 4. The van der Waals surface area contributed by atoms with Crippen LogP contribution in [-0.4, -0.2) is 5.75 Å². The number of nitriles is 1. The largest absolute Gasteiger partial charge is 0.398 e. The summed E-state index contributed by atoms with van der Waals surface area (Å²) in [6.45, 7) is 4.36. The van der Waals surface area contributed by atoms with Crippen molar-refractivity contribution in [3.05, 3.63) is 40.8 Å². The summed E-state index contributed by atoms with van der Waals surface area (Å²) in [6.07, 6.45) is 0. The van der Waals surface area contributed by atoms with E-state index in [1.165, 1.54) is 0 Å². The molecule has 0 unspecified atom stereocenters. The van der Waals surface area contributed by atoms with Crippen LogP contribution in [0, 0.1) is 17.2 Å². The molecule has 2 N–H and O–H groups in total. The Kier molecular flexibility index (Phi) is 4.94. The van der Waals surface area contributed by atoms with E-state index in [1.54, 1.807) is 23.9 Å². The smallest absolute Gasteiger partial charge is 0.0991 e. The fraction of sp³-hybridized carbons (Fsp3) is 0.308. The number of hydrogen-bond acceptors (Lipinski definition) is 3. The second-order valence-electron chi connectivity index (χ2n) is 3.99. The summed E-state index contributed by atoms with van der Waals surface area (Å²) in [7, 11) is 0. The first-order valence-electron chi connectivity index (χ1n) is 5.21. The zero-order valence-corrected chi connectivity index (χ0v) is 10.4. The first-order chi connectivity index (χ1) is 7.63. The molecule has 0 saturated heterocycles. The van der Waals surface area contributed by atoms with Crippen molar-refractivity contribution in [2.45, 2.75) is 13.8 Å². The molecule has 0 amide bonds. The van der Waals surface area contributed by atoms with Gasteiger partial charge in [-0.1, -0.05) is 26.0 Å². The van der Waals surface area contributed by atoms with Gasteiger partial charge in [-0.25, -0.2) is 0 Å². The van der Waals surface area contributed by atoms with Crippen LogP contribution in [0.25, 0.3) is 5.70 Å². The predicted octanol–water partition coefficient (Wildman–Crippen LogP) is 3.20. The lowest BCUT2D eigenvalue weighted by molar-refractivity contribution is 0.751. The molecule has 0 spiro atoms. The lowest BCUT2D eigenvalue weighted by Crippen LogP contribution is -1.96. The van der Waals surface area contributed by atoms with Crippen LogP contribution in [0.1, 0.15) is 25.0 Å². The molecule has 2 nitrogen and oxygen atoms in total. The minimum Gasteiger partial charge on any atom is -0.398 e. The molecule has 1 rings (SSSR count). The van der Waals surface area contributed by atoms with E-state index < -0.39 is 0 Å². The maximum absolute atomic E-state index is 8.67. The van der Waals surface area contributed by atoms with Gasteiger partial charge in [0, 0.05) is 5.70 Å². The molecule has 0 aromatic heterocycles. The monoisotopic (exact) mass is 232 g/mol. The van der Waals surface area contributed by atoms with Crippen molar-refractivity contribution in [2.24, 2.45) is 11.7 Å². The molecular weight excluding hydrogens is 216 g/mol. The van der Waals surface area contributed by atoms with Crippen LogP contribution in [0.5, 0.6) is 0 Å². The first-order valence-corrected chi connectivity index (χ1v) is 6.26. The number of benzene rings is 1. The van der Waals surface area contributed by atoms with Crippen molar-refractivity contribution in [2.75, 3.05) is 5.75 Å². The number of nitrogens with zero attached hydrogens (tertiary/aromatic N) is 1. The van der Waals surface area contributed by atoms with Gasteiger partial charge in [0.05, 0.1) is 11.6 Å². The molecule has 0 atom stereocenters. The Morgan fingerprint density at radius 2 is 2.06 bits per heavy atom. The normalized spacial score (nSPS) is 11.5. The summed E-state index contributed by atoms with van der Waals surface area (Å²) in [6, 6.07) is 9.40. The van der Waals surface area contributed by atoms with E-state index in [4.69, 9.17) is 11.0 Å². The predicted molar refractivity (Wildman–Crippen MR) is 70.6 cm³/mol. The Bertz CT molecular complexity index is 399. The Morgan fingerprint density at radius 3 is 2.56 bits per heavy atom. The Hall–Kier alpha value is -1.40. The van der Waals surface area contributed by atoms with E-state index in [2.05, 4.69) is 19.9 Å². The lowest BCUT2D eigenvalue weighted by atomic mass is 10.1. The van der Waals surface area contributed by atoms with E-state index in [9.17, 15) is 0 Å². The summed E-state index contributed by atoms with van der Waals surface area (Å²) in [5, 5.41) is 10.6. The third-order valence-corrected chi connectivity index (χ3v) is 3.27. The minimum atomic E-state index is 0.659. The molecule has 16 heavy (non-hydrogen) atoms. The van der Waals surface area contributed by atoms with Crippen molar-refractivity contribution >= 4 is 17.5 Å². The van der Waals surface area contributed by atoms with E-state index in [-0.39, 0.29) is 0 Å². The highest BCUT2D eigenvalue weighted by Crippen LogP contribution is 2.16. The van der Waals surface area contributed by atoms with Gasteiger partial charge in [-0.3, -0.25) is 0 Å². The zero-order chi connectivity index (χ0) is 12.0. The molecule has 1 aromatic carbocycles. The molecule has 0 aliphatic carbocycles. The van der Waals surface area contributed by atoms with Crippen LogP contribution in [0.15, 0.2) is 29.7 Å². The van der Waals surface area contributed by atoms with E-state index in [0.717, 1.165) is 17.0 Å². The molecule has 0 saturated carbocycles. The third-order valence-electron chi connectivity index (χ3n) is 1.99. The fourth-order valence-corrected chi connectivity index (χ4v) is 1.93. The molecule has 0 fully saturated rings. The molecular formula is C13H16N2S. The Labute approximate surface area is 101 Å². The summed E-state index contributed by atoms with van der Waals surface area (Å²) >= 11 is 1.72. The topological polar surface area (TPSA) is 49.8 Å². The Morgan fingerprint density at radius 1 is 1.44 bits per heavy atom. The lowest BCUT2D eigenvalue weighted by Gasteiger charge is -2.03. The maximum Gasteiger partial charge on any atom is 0.0991 e. The third kappa shape index (κ3) is 4.00. The van der Waals surface area contributed by atoms with Gasteiger partial charge >= 0.3 is 0 Å². The van der Waals surface area contributed by atoms with Gasteiger partial charge < -0.3 is 5.73 Å². The molecule has 0 aliphatic rings. The van der Waals surface area contributed by atoms with Crippen LogP contribution in [0.4, 0.5) is 0 Å². The van der Waals surface area contributed by atoms with Crippen molar-refractivity contribution in [3.8, 4) is 6.07 Å². The number of nitrogens with two attached hydrogens (primary N) is 1. The summed E-state index contributed by atoms with van der Waals surface area (Å²) in [4.78, 5) is 0. The fourth-order valence-electron chi connectivity index (χ4n) is 1.14. The van der Waals surface area contributed by atoms with Gasteiger partial charge in [0.2, 0.25) is 0 Å². The highest BCUT2D eigenvalue weighted by atomic mass is 32.2. The SMILES string of the molecule is CC(C)CS/C=C(\N)c1ccc(C#N)cc1. The van der Waals surface area contributed by atoms with Gasteiger partial charge in [-0.15, -0.1) is 11.8 Å². The Balaban J connectivity index is 2.65. The second kappa shape index (κ2) is 6.24. The van der Waals surface area contributed by atoms with Gasteiger partial charge in [0.1, 0.15) is 0 Å². The second-order valence-corrected chi connectivity index (χ2v) is 4.89. The van der Waals surface area contributed by atoms with Gasteiger partial charge in [-0.05, 0) is 34.8 Å². The van der Waals surface area contributed by atoms with Gasteiger partial charge in [0.25, 0.3) is 0 Å². The molecule has 0 bridgehead atoms. The first kappa shape index (κ1) is 12.7. The summed E-state index contributed by atoms with van der Waals surface area (Å²) in [5.41, 5.74) is 8.32.